The van der Waals surface area contributed by atoms with Crippen molar-refractivity contribution in [1.82, 2.24) is 4.98 Å². The molecule has 0 radical (unpaired) electrons. The number of rotatable bonds is 8. The summed E-state index contributed by atoms with van der Waals surface area (Å²) in [5.41, 5.74) is 4.12. The molecule has 2 aromatic carbocycles. The molecule has 5 nitrogen and oxygen atoms in total. The minimum atomic E-state index is -0.410. The minimum Gasteiger partial charge on any atom is -0.486 e. The van der Waals surface area contributed by atoms with Crippen LogP contribution >= 0.6 is 11.6 Å². The SMILES string of the molecule is CC#C[C@@H](CC(C)=O)c1ccc(O[C@@H]2CCc3c(-c4cnc(OC5CCOC5)c(Cl)c4)ccc(F)c32)cc1. The second-order valence-corrected chi connectivity index (χ2v) is 10.1. The zero-order chi connectivity index (χ0) is 26.6. The van der Waals surface area contributed by atoms with Crippen LogP contribution < -0.4 is 9.47 Å². The molecule has 1 unspecified atom stereocenters. The lowest BCUT2D eigenvalue weighted by atomic mass is 9.94. The number of carbonyl (C=O) groups is 1. The monoisotopic (exact) mass is 533 g/mol. The Morgan fingerprint density at radius 3 is 2.71 bits per heavy atom. The van der Waals surface area contributed by atoms with Gasteiger partial charge in [0.15, 0.2) is 0 Å². The highest BCUT2D eigenvalue weighted by Crippen LogP contribution is 2.42. The number of Topliss-reactive ketones (excluding diaryl/α,β-unsaturated/α-hetero) is 1. The second kappa shape index (κ2) is 11.6. The van der Waals surface area contributed by atoms with Crippen molar-refractivity contribution in [2.75, 3.05) is 13.2 Å². The van der Waals surface area contributed by atoms with Crippen LogP contribution in [0.2, 0.25) is 5.02 Å². The third-order valence-electron chi connectivity index (χ3n) is 6.94. The average molecular weight is 534 g/mol. The smallest absolute Gasteiger partial charge is 0.232 e. The first kappa shape index (κ1) is 26.2. The van der Waals surface area contributed by atoms with Crippen LogP contribution in [0, 0.1) is 17.7 Å². The van der Waals surface area contributed by atoms with E-state index >= 15 is 4.39 Å². The van der Waals surface area contributed by atoms with Crippen molar-refractivity contribution in [3.05, 3.63) is 76.2 Å². The Balaban J connectivity index is 1.35. The number of hydrogen-bond donors (Lipinski definition) is 0. The quantitative estimate of drug-likeness (QED) is 0.296. The molecule has 0 spiro atoms. The minimum absolute atomic E-state index is 0.0486. The van der Waals surface area contributed by atoms with Crippen molar-refractivity contribution >= 4 is 17.4 Å². The van der Waals surface area contributed by atoms with Gasteiger partial charge in [-0.2, -0.15) is 0 Å². The Hall–Kier alpha value is -3.40. The Bertz CT molecular complexity index is 1390. The highest BCUT2D eigenvalue weighted by Gasteiger charge is 2.30. The molecule has 196 valence electrons. The van der Waals surface area contributed by atoms with Gasteiger partial charge in [-0.3, -0.25) is 4.79 Å². The van der Waals surface area contributed by atoms with Crippen LogP contribution in [-0.4, -0.2) is 30.1 Å². The highest BCUT2D eigenvalue weighted by atomic mass is 35.5. The predicted octanol–water partition coefficient (Wildman–Crippen LogP) is 6.86. The van der Waals surface area contributed by atoms with Crippen molar-refractivity contribution in [2.24, 2.45) is 0 Å². The molecule has 0 saturated carbocycles. The normalized spacial score (nSPS) is 18.8. The first-order chi connectivity index (χ1) is 18.4. The van der Waals surface area contributed by atoms with E-state index in [0.29, 0.717) is 54.7 Å². The molecule has 2 aliphatic rings. The zero-order valence-electron chi connectivity index (χ0n) is 21.4. The van der Waals surface area contributed by atoms with Crippen molar-refractivity contribution in [3.8, 4) is 34.6 Å². The number of benzene rings is 2. The molecule has 5 rings (SSSR count). The van der Waals surface area contributed by atoms with Gasteiger partial charge >= 0.3 is 0 Å². The van der Waals surface area contributed by atoms with Gasteiger partial charge in [-0.05, 0) is 67.6 Å². The zero-order valence-corrected chi connectivity index (χ0v) is 22.2. The van der Waals surface area contributed by atoms with Gasteiger partial charge in [-0.1, -0.05) is 35.7 Å². The van der Waals surface area contributed by atoms with Gasteiger partial charge in [0.25, 0.3) is 0 Å². The lowest BCUT2D eigenvalue weighted by Crippen LogP contribution is -2.16. The maximum absolute atomic E-state index is 15.1. The van der Waals surface area contributed by atoms with Crippen molar-refractivity contribution in [1.29, 1.82) is 0 Å². The maximum Gasteiger partial charge on any atom is 0.232 e. The van der Waals surface area contributed by atoms with Gasteiger partial charge in [0, 0.05) is 30.2 Å². The average Bonchev–Trinajstić information content (AvgIpc) is 3.56. The number of ketones is 1. The fourth-order valence-electron chi connectivity index (χ4n) is 5.14. The molecule has 3 aromatic rings. The summed E-state index contributed by atoms with van der Waals surface area (Å²) < 4.78 is 32.6. The molecule has 1 aliphatic heterocycles. The number of fused-ring (bicyclic) bond motifs is 1. The molecule has 1 aromatic heterocycles. The van der Waals surface area contributed by atoms with Crippen LogP contribution in [0.15, 0.2) is 48.7 Å². The van der Waals surface area contributed by atoms with E-state index in [0.717, 1.165) is 28.7 Å². The number of nitrogens with zero attached hydrogens (tertiary/aromatic N) is 1. The molecule has 1 saturated heterocycles. The topological polar surface area (TPSA) is 57.7 Å². The van der Waals surface area contributed by atoms with E-state index in [2.05, 4.69) is 16.8 Å². The molecular weight excluding hydrogens is 505 g/mol. The third kappa shape index (κ3) is 5.70. The summed E-state index contributed by atoms with van der Waals surface area (Å²) in [7, 11) is 0. The fourth-order valence-corrected chi connectivity index (χ4v) is 5.35. The van der Waals surface area contributed by atoms with Crippen LogP contribution in [-0.2, 0) is 16.0 Å². The Kier molecular flexibility index (Phi) is 7.97. The molecule has 0 bridgehead atoms. The van der Waals surface area contributed by atoms with Gasteiger partial charge in [0.05, 0.1) is 19.1 Å². The molecule has 7 heteroatoms. The van der Waals surface area contributed by atoms with Gasteiger partial charge in [-0.25, -0.2) is 9.37 Å². The summed E-state index contributed by atoms with van der Waals surface area (Å²) in [6.45, 7) is 4.54. The number of hydrogen-bond acceptors (Lipinski definition) is 5. The van der Waals surface area contributed by atoms with Crippen LogP contribution in [0.4, 0.5) is 4.39 Å². The Morgan fingerprint density at radius 2 is 2.03 bits per heavy atom. The van der Waals surface area contributed by atoms with Gasteiger partial charge in [0.2, 0.25) is 5.88 Å². The summed E-state index contributed by atoms with van der Waals surface area (Å²) in [5, 5.41) is 0.411. The van der Waals surface area contributed by atoms with Gasteiger partial charge in [0.1, 0.15) is 34.6 Å². The van der Waals surface area contributed by atoms with E-state index in [1.54, 1.807) is 26.1 Å². The second-order valence-electron chi connectivity index (χ2n) is 9.67. The van der Waals surface area contributed by atoms with Crippen LogP contribution in [0.25, 0.3) is 11.1 Å². The first-order valence-electron chi connectivity index (χ1n) is 12.8. The predicted molar refractivity (Wildman–Crippen MR) is 144 cm³/mol. The van der Waals surface area contributed by atoms with Crippen LogP contribution in [0.3, 0.4) is 0 Å². The number of carbonyl (C=O) groups excluding carboxylic acids is 1. The summed E-state index contributed by atoms with van der Waals surface area (Å²) in [4.78, 5) is 16.1. The molecule has 1 aliphatic carbocycles. The molecule has 3 atom stereocenters. The van der Waals surface area contributed by atoms with Gasteiger partial charge < -0.3 is 14.2 Å². The van der Waals surface area contributed by atoms with Crippen molar-refractivity contribution in [2.45, 2.75) is 57.7 Å². The third-order valence-corrected chi connectivity index (χ3v) is 7.21. The summed E-state index contributed by atoms with van der Waals surface area (Å²) in [6, 6.07) is 12.6. The molecule has 2 heterocycles. The molecular formula is C31H29ClFNO4. The number of ether oxygens (including phenoxy) is 3. The van der Waals surface area contributed by atoms with E-state index in [4.69, 9.17) is 25.8 Å². The Labute approximate surface area is 227 Å². The van der Waals surface area contributed by atoms with E-state index in [1.165, 1.54) is 6.07 Å². The lowest BCUT2D eigenvalue weighted by Gasteiger charge is -2.18. The summed E-state index contributed by atoms with van der Waals surface area (Å²) >= 11 is 6.50. The number of halogens is 2. The van der Waals surface area contributed by atoms with Gasteiger partial charge in [-0.15, -0.1) is 5.92 Å². The largest absolute Gasteiger partial charge is 0.486 e. The molecule has 0 N–H and O–H groups in total. The van der Waals surface area contributed by atoms with E-state index in [1.807, 2.05) is 30.3 Å². The van der Waals surface area contributed by atoms with Crippen LogP contribution in [0.5, 0.6) is 11.6 Å². The van der Waals surface area contributed by atoms with Crippen molar-refractivity contribution < 1.29 is 23.4 Å². The molecule has 1 fully saturated rings. The molecule has 38 heavy (non-hydrogen) atoms. The first-order valence-corrected chi connectivity index (χ1v) is 13.2. The maximum atomic E-state index is 15.1. The number of aromatic nitrogens is 1. The van der Waals surface area contributed by atoms with Crippen LogP contribution in [0.1, 0.15) is 61.8 Å². The highest BCUT2D eigenvalue weighted by molar-refractivity contribution is 6.32. The van der Waals surface area contributed by atoms with E-state index in [-0.39, 0.29) is 23.6 Å². The number of pyridine rings is 1. The standard InChI is InChI=1S/C31H29ClFNO4/c1-3-4-21(15-19(2)35)20-5-7-23(8-6-20)37-29-12-10-26-25(9-11-28(33)30(26)29)22-16-27(32)31(34-17-22)38-24-13-14-36-18-24/h5-9,11,16-17,21,24,29H,10,12-15,18H2,1-2H3/t21-,24?,29+/m0/s1. The summed E-state index contributed by atoms with van der Waals surface area (Å²) in [6.07, 6.45) is 3.76. The fraction of sp³-hybridized carbons (Fsp3) is 0.355. The van der Waals surface area contributed by atoms with Crippen molar-refractivity contribution in [3.63, 3.8) is 0 Å². The Morgan fingerprint density at radius 1 is 1.21 bits per heavy atom. The van der Waals surface area contributed by atoms with E-state index < -0.39 is 6.10 Å². The molecule has 0 amide bonds. The lowest BCUT2D eigenvalue weighted by molar-refractivity contribution is -0.117. The van der Waals surface area contributed by atoms with E-state index in [9.17, 15) is 4.79 Å². The summed E-state index contributed by atoms with van der Waals surface area (Å²) in [5.74, 6) is 6.68.